The Labute approximate surface area is 114 Å². The van der Waals surface area contributed by atoms with Crippen LogP contribution >= 0.6 is 0 Å². The normalized spacial score (nSPS) is 23.9. The first-order valence-corrected chi connectivity index (χ1v) is 7.37. The van der Waals surface area contributed by atoms with Gasteiger partial charge in [0, 0.05) is 6.54 Å². The Morgan fingerprint density at radius 3 is 2.89 bits per heavy atom. The summed E-state index contributed by atoms with van der Waals surface area (Å²) in [5, 5.41) is 0. The average molecular weight is 257 g/mol. The molecule has 0 amide bonds. The van der Waals surface area contributed by atoms with Crippen LogP contribution in [0, 0.1) is 18.8 Å². The Balaban J connectivity index is 1.95. The molecule has 2 N–H and O–H groups in total. The van der Waals surface area contributed by atoms with Crippen molar-refractivity contribution in [1.29, 1.82) is 0 Å². The molecule has 102 valence electrons. The zero-order valence-corrected chi connectivity index (χ0v) is 11.9. The van der Waals surface area contributed by atoms with Crippen LogP contribution in [0.3, 0.4) is 0 Å². The van der Waals surface area contributed by atoms with E-state index in [1.54, 1.807) is 0 Å². The molecule has 19 heavy (non-hydrogen) atoms. The zero-order valence-electron chi connectivity index (χ0n) is 11.9. The number of aromatic nitrogens is 2. The Morgan fingerprint density at radius 1 is 1.32 bits per heavy atom. The molecule has 0 spiro atoms. The van der Waals surface area contributed by atoms with E-state index in [2.05, 4.69) is 41.6 Å². The van der Waals surface area contributed by atoms with Gasteiger partial charge in [-0.2, -0.15) is 0 Å². The van der Waals surface area contributed by atoms with Gasteiger partial charge in [0.1, 0.15) is 0 Å². The molecule has 0 saturated heterocycles. The van der Waals surface area contributed by atoms with E-state index in [0.29, 0.717) is 5.95 Å². The molecular weight excluding hydrogens is 234 g/mol. The highest BCUT2D eigenvalue weighted by Gasteiger charge is 2.23. The molecule has 1 aromatic carbocycles. The van der Waals surface area contributed by atoms with Crippen molar-refractivity contribution in [1.82, 2.24) is 9.55 Å². The average Bonchev–Trinajstić information content (AvgIpc) is 2.69. The zero-order chi connectivity index (χ0) is 13.4. The van der Waals surface area contributed by atoms with Gasteiger partial charge in [-0.05, 0) is 42.9 Å². The first-order chi connectivity index (χ1) is 9.15. The van der Waals surface area contributed by atoms with Gasteiger partial charge >= 0.3 is 0 Å². The molecule has 1 saturated carbocycles. The van der Waals surface area contributed by atoms with Crippen molar-refractivity contribution in [2.75, 3.05) is 5.73 Å². The van der Waals surface area contributed by atoms with Crippen LogP contribution in [0.15, 0.2) is 18.2 Å². The number of aryl methyl sites for hydroxylation is 1. The lowest BCUT2D eigenvalue weighted by Crippen LogP contribution is -2.22. The topological polar surface area (TPSA) is 43.8 Å². The first kappa shape index (κ1) is 12.5. The Hall–Kier alpha value is -1.51. The number of nitrogen functional groups attached to an aromatic ring is 1. The number of anilines is 1. The van der Waals surface area contributed by atoms with E-state index in [1.807, 2.05) is 0 Å². The van der Waals surface area contributed by atoms with E-state index in [9.17, 15) is 0 Å². The van der Waals surface area contributed by atoms with Crippen LogP contribution in [0.2, 0.25) is 0 Å². The summed E-state index contributed by atoms with van der Waals surface area (Å²) in [5.74, 6) is 2.21. The Morgan fingerprint density at radius 2 is 2.11 bits per heavy atom. The molecule has 1 aliphatic carbocycles. The van der Waals surface area contributed by atoms with Crippen LogP contribution in [-0.2, 0) is 6.54 Å². The van der Waals surface area contributed by atoms with Gasteiger partial charge in [0.15, 0.2) is 0 Å². The second-order valence-corrected chi connectivity index (χ2v) is 6.09. The molecule has 1 aliphatic rings. The summed E-state index contributed by atoms with van der Waals surface area (Å²) in [6.45, 7) is 5.52. The van der Waals surface area contributed by atoms with Crippen molar-refractivity contribution >= 4 is 17.0 Å². The quantitative estimate of drug-likeness (QED) is 0.890. The van der Waals surface area contributed by atoms with Crippen molar-refractivity contribution in [2.24, 2.45) is 11.8 Å². The Bertz CT molecular complexity index is 585. The number of hydrogen-bond acceptors (Lipinski definition) is 2. The van der Waals surface area contributed by atoms with Gasteiger partial charge in [-0.1, -0.05) is 32.3 Å². The maximum Gasteiger partial charge on any atom is 0.201 e. The fraction of sp³-hybridized carbons (Fsp3) is 0.562. The van der Waals surface area contributed by atoms with Gasteiger partial charge in [0.05, 0.1) is 11.0 Å². The minimum atomic E-state index is 0.665. The lowest BCUT2D eigenvalue weighted by atomic mass is 9.80. The predicted molar refractivity (Wildman–Crippen MR) is 80.0 cm³/mol. The van der Waals surface area contributed by atoms with Crippen molar-refractivity contribution in [3.8, 4) is 0 Å². The van der Waals surface area contributed by atoms with E-state index < -0.39 is 0 Å². The summed E-state index contributed by atoms with van der Waals surface area (Å²) >= 11 is 0. The molecule has 0 bridgehead atoms. The number of benzene rings is 1. The molecule has 3 rings (SSSR count). The first-order valence-electron chi connectivity index (χ1n) is 7.37. The van der Waals surface area contributed by atoms with Gasteiger partial charge in [-0.15, -0.1) is 0 Å². The number of imidazole rings is 1. The molecule has 3 nitrogen and oxygen atoms in total. The smallest absolute Gasteiger partial charge is 0.201 e. The maximum atomic E-state index is 6.12. The largest absolute Gasteiger partial charge is 0.369 e. The van der Waals surface area contributed by atoms with E-state index >= 15 is 0 Å². The van der Waals surface area contributed by atoms with Crippen LogP contribution in [0.5, 0.6) is 0 Å². The third-order valence-electron chi connectivity index (χ3n) is 4.64. The standard InChI is InChI=1S/C16H23N3/c1-11-7-8-14-15(9-11)19(16(17)18-14)10-13-6-4-3-5-12(13)2/h7-9,12-13H,3-6,10H2,1-2H3,(H2,17,18). The molecule has 2 atom stereocenters. The summed E-state index contributed by atoms with van der Waals surface area (Å²) in [5.41, 5.74) is 9.60. The summed E-state index contributed by atoms with van der Waals surface area (Å²) in [4.78, 5) is 4.49. The molecule has 1 heterocycles. The van der Waals surface area contributed by atoms with Crippen molar-refractivity contribution in [3.63, 3.8) is 0 Å². The molecule has 2 aromatic rings. The van der Waals surface area contributed by atoms with Crippen LogP contribution in [-0.4, -0.2) is 9.55 Å². The van der Waals surface area contributed by atoms with E-state index in [4.69, 9.17) is 5.73 Å². The summed E-state index contributed by atoms with van der Waals surface area (Å²) < 4.78 is 2.22. The van der Waals surface area contributed by atoms with Gasteiger partial charge in [-0.25, -0.2) is 4.98 Å². The number of nitrogens with zero attached hydrogens (tertiary/aromatic N) is 2. The molecular formula is C16H23N3. The highest BCUT2D eigenvalue weighted by atomic mass is 15.2. The molecule has 0 radical (unpaired) electrons. The SMILES string of the molecule is Cc1ccc2nc(N)n(CC3CCCCC3C)c2c1. The van der Waals surface area contributed by atoms with Gasteiger partial charge in [0.25, 0.3) is 0 Å². The molecule has 0 aliphatic heterocycles. The highest BCUT2D eigenvalue weighted by molar-refractivity contribution is 5.79. The number of rotatable bonds is 2. The fourth-order valence-corrected chi connectivity index (χ4v) is 3.34. The van der Waals surface area contributed by atoms with E-state index in [0.717, 1.165) is 23.9 Å². The lowest BCUT2D eigenvalue weighted by Gasteiger charge is -2.29. The monoisotopic (exact) mass is 257 g/mol. The minimum Gasteiger partial charge on any atom is -0.369 e. The van der Waals surface area contributed by atoms with Crippen LogP contribution < -0.4 is 5.73 Å². The van der Waals surface area contributed by atoms with Crippen molar-refractivity contribution < 1.29 is 0 Å². The predicted octanol–water partition coefficient (Wildman–Crippen LogP) is 3.75. The summed E-state index contributed by atoms with van der Waals surface area (Å²) in [6.07, 6.45) is 5.43. The fourth-order valence-electron chi connectivity index (χ4n) is 3.34. The lowest BCUT2D eigenvalue weighted by molar-refractivity contribution is 0.231. The van der Waals surface area contributed by atoms with Gasteiger partial charge in [-0.3, -0.25) is 0 Å². The van der Waals surface area contributed by atoms with Gasteiger partial charge < -0.3 is 10.3 Å². The summed E-state index contributed by atoms with van der Waals surface area (Å²) in [6, 6.07) is 6.37. The number of nitrogens with two attached hydrogens (primary N) is 1. The maximum absolute atomic E-state index is 6.12. The third-order valence-corrected chi connectivity index (χ3v) is 4.64. The van der Waals surface area contributed by atoms with Crippen molar-refractivity contribution in [2.45, 2.75) is 46.1 Å². The number of fused-ring (bicyclic) bond motifs is 1. The van der Waals surface area contributed by atoms with Crippen LogP contribution in [0.1, 0.15) is 38.2 Å². The molecule has 3 heteroatoms. The molecule has 1 fully saturated rings. The minimum absolute atomic E-state index is 0.665. The van der Waals surface area contributed by atoms with Crippen molar-refractivity contribution in [3.05, 3.63) is 23.8 Å². The molecule has 1 aromatic heterocycles. The van der Waals surface area contributed by atoms with E-state index in [1.165, 1.54) is 36.8 Å². The Kier molecular flexibility index (Phi) is 3.21. The van der Waals surface area contributed by atoms with Gasteiger partial charge in [0.2, 0.25) is 5.95 Å². The molecule has 2 unspecified atom stereocenters. The van der Waals surface area contributed by atoms with E-state index in [-0.39, 0.29) is 0 Å². The number of hydrogen-bond donors (Lipinski definition) is 1. The highest BCUT2D eigenvalue weighted by Crippen LogP contribution is 2.32. The third kappa shape index (κ3) is 2.34. The second kappa shape index (κ2) is 4.87. The summed E-state index contributed by atoms with van der Waals surface area (Å²) in [7, 11) is 0. The van der Waals surface area contributed by atoms with Crippen LogP contribution in [0.4, 0.5) is 5.95 Å². The van der Waals surface area contributed by atoms with Crippen LogP contribution in [0.25, 0.3) is 11.0 Å². The second-order valence-electron chi connectivity index (χ2n) is 6.09.